The second-order valence-electron chi connectivity index (χ2n) is 4.32. The maximum absolute atomic E-state index is 11.8. The summed E-state index contributed by atoms with van der Waals surface area (Å²) in [5.41, 5.74) is 6.10. The summed E-state index contributed by atoms with van der Waals surface area (Å²) in [6.07, 6.45) is 5.78. The Morgan fingerprint density at radius 2 is 2.37 bits per heavy atom. The number of anilines is 1. The molecule has 2 aromatic rings. The summed E-state index contributed by atoms with van der Waals surface area (Å²) >= 11 is 0. The van der Waals surface area contributed by atoms with Crippen LogP contribution in [0.25, 0.3) is 5.82 Å². The first-order valence-corrected chi connectivity index (χ1v) is 6.17. The van der Waals surface area contributed by atoms with E-state index in [4.69, 9.17) is 5.73 Å². The van der Waals surface area contributed by atoms with Crippen molar-refractivity contribution in [2.24, 2.45) is 11.7 Å². The third-order valence-corrected chi connectivity index (χ3v) is 2.80. The molecule has 2 aromatic heterocycles. The van der Waals surface area contributed by atoms with Crippen molar-refractivity contribution >= 4 is 11.6 Å². The van der Waals surface area contributed by atoms with E-state index in [0.29, 0.717) is 24.5 Å². The number of amides is 1. The van der Waals surface area contributed by atoms with E-state index in [9.17, 15) is 4.79 Å². The van der Waals surface area contributed by atoms with E-state index >= 15 is 0 Å². The predicted octanol–water partition coefficient (Wildman–Crippen LogP) is 1.19. The molecular weight excluding hydrogens is 242 g/mol. The predicted molar refractivity (Wildman–Crippen MR) is 72.8 cm³/mol. The number of nitrogens with one attached hydrogen (secondary N) is 1. The van der Waals surface area contributed by atoms with Crippen LogP contribution in [-0.4, -0.2) is 27.2 Å². The Hall–Kier alpha value is -2.21. The average molecular weight is 259 g/mol. The molecule has 0 aliphatic carbocycles. The molecule has 0 bridgehead atoms. The van der Waals surface area contributed by atoms with Crippen LogP contribution in [0.1, 0.15) is 13.3 Å². The highest BCUT2D eigenvalue weighted by molar-refractivity contribution is 5.92. The number of rotatable bonds is 5. The zero-order valence-electron chi connectivity index (χ0n) is 10.8. The standard InChI is InChI=1S/C13H17N5O/c1-10(5-6-14)13(19)17-11-3-4-12(15-9-11)18-8-2-7-16-18/h2-4,7-10H,5-6,14H2,1H3,(H,17,19). The van der Waals surface area contributed by atoms with Gasteiger partial charge in [0.1, 0.15) is 0 Å². The summed E-state index contributed by atoms with van der Waals surface area (Å²) in [5, 5.41) is 6.89. The van der Waals surface area contributed by atoms with E-state index in [1.165, 1.54) is 0 Å². The van der Waals surface area contributed by atoms with Crippen molar-refractivity contribution in [3.8, 4) is 5.82 Å². The van der Waals surface area contributed by atoms with Crippen LogP contribution in [0.2, 0.25) is 0 Å². The molecule has 3 N–H and O–H groups in total. The number of nitrogens with two attached hydrogens (primary N) is 1. The van der Waals surface area contributed by atoms with Gasteiger partial charge >= 0.3 is 0 Å². The lowest BCUT2D eigenvalue weighted by molar-refractivity contribution is -0.119. The quantitative estimate of drug-likeness (QED) is 0.844. The first kappa shape index (κ1) is 13.2. The van der Waals surface area contributed by atoms with Crippen molar-refractivity contribution < 1.29 is 4.79 Å². The van der Waals surface area contributed by atoms with Gasteiger partial charge in [0.15, 0.2) is 5.82 Å². The molecule has 0 aliphatic rings. The van der Waals surface area contributed by atoms with Crippen LogP contribution in [0.5, 0.6) is 0 Å². The molecule has 19 heavy (non-hydrogen) atoms. The topological polar surface area (TPSA) is 85.8 Å². The Morgan fingerprint density at radius 3 is 2.95 bits per heavy atom. The van der Waals surface area contributed by atoms with Gasteiger partial charge in [-0.3, -0.25) is 4.79 Å². The molecule has 2 rings (SSSR count). The molecule has 6 heteroatoms. The molecular formula is C13H17N5O. The number of hydrogen-bond acceptors (Lipinski definition) is 4. The third kappa shape index (κ3) is 3.38. The lowest BCUT2D eigenvalue weighted by Gasteiger charge is -2.11. The lowest BCUT2D eigenvalue weighted by Crippen LogP contribution is -2.22. The Bertz CT molecular complexity index is 520. The van der Waals surface area contributed by atoms with Crippen LogP contribution in [0.3, 0.4) is 0 Å². The summed E-state index contributed by atoms with van der Waals surface area (Å²) in [6.45, 7) is 2.36. The zero-order chi connectivity index (χ0) is 13.7. The molecule has 1 unspecified atom stereocenters. The molecule has 0 aromatic carbocycles. The van der Waals surface area contributed by atoms with Gasteiger partial charge in [0.25, 0.3) is 0 Å². The van der Waals surface area contributed by atoms with E-state index in [1.807, 2.05) is 19.2 Å². The first-order chi connectivity index (χ1) is 9.20. The van der Waals surface area contributed by atoms with E-state index in [1.54, 1.807) is 29.2 Å². The molecule has 0 saturated carbocycles. The van der Waals surface area contributed by atoms with Crippen molar-refractivity contribution in [2.75, 3.05) is 11.9 Å². The highest BCUT2D eigenvalue weighted by atomic mass is 16.1. The molecule has 6 nitrogen and oxygen atoms in total. The molecule has 0 fully saturated rings. The van der Waals surface area contributed by atoms with Gasteiger partial charge < -0.3 is 11.1 Å². The van der Waals surface area contributed by atoms with Crippen LogP contribution in [0.4, 0.5) is 5.69 Å². The average Bonchev–Trinajstić information content (AvgIpc) is 2.94. The summed E-state index contributed by atoms with van der Waals surface area (Å²) in [7, 11) is 0. The van der Waals surface area contributed by atoms with E-state index in [-0.39, 0.29) is 11.8 Å². The van der Waals surface area contributed by atoms with E-state index in [0.717, 1.165) is 0 Å². The SMILES string of the molecule is CC(CCN)C(=O)Nc1ccc(-n2cccn2)nc1. The number of hydrogen-bond donors (Lipinski definition) is 2. The van der Waals surface area contributed by atoms with Crippen molar-refractivity contribution in [1.29, 1.82) is 0 Å². The Balaban J connectivity index is 2.01. The largest absolute Gasteiger partial charge is 0.330 e. The van der Waals surface area contributed by atoms with Gasteiger partial charge in [-0.15, -0.1) is 0 Å². The van der Waals surface area contributed by atoms with E-state index < -0.39 is 0 Å². The second kappa shape index (κ2) is 6.10. The molecule has 0 spiro atoms. The van der Waals surface area contributed by atoms with E-state index in [2.05, 4.69) is 15.4 Å². The van der Waals surface area contributed by atoms with Crippen molar-refractivity contribution in [1.82, 2.24) is 14.8 Å². The van der Waals surface area contributed by atoms with Gasteiger partial charge in [0, 0.05) is 18.3 Å². The monoisotopic (exact) mass is 259 g/mol. The van der Waals surface area contributed by atoms with Crippen molar-refractivity contribution in [2.45, 2.75) is 13.3 Å². The molecule has 1 amide bonds. The summed E-state index contributed by atoms with van der Waals surface area (Å²) in [4.78, 5) is 16.0. The second-order valence-corrected chi connectivity index (χ2v) is 4.32. The summed E-state index contributed by atoms with van der Waals surface area (Å²) in [6, 6.07) is 5.43. The van der Waals surface area contributed by atoms with Gasteiger partial charge in [0.05, 0.1) is 11.9 Å². The van der Waals surface area contributed by atoms with Gasteiger partial charge in [-0.1, -0.05) is 6.92 Å². The van der Waals surface area contributed by atoms with Crippen LogP contribution in [0.15, 0.2) is 36.8 Å². The minimum Gasteiger partial charge on any atom is -0.330 e. The van der Waals surface area contributed by atoms with Gasteiger partial charge in [0.2, 0.25) is 5.91 Å². The highest BCUT2D eigenvalue weighted by Crippen LogP contribution is 2.11. The van der Waals surface area contributed by atoms with Crippen LogP contribution in [-0.2, 0) is 4.79 Å². The summed E-state index contributed by atoms with van der Waals surface area (Å²) < 4.78 is 1.66. The number of nitrogens with zero attached hydrogens (tertiary/aromatic N) is 3. The Labute approximate surface area is 111 Å². The third-order valence-electron chi connectivity index (χ3n) is 2.80. The van der Waals surface area contributed by atoms with Crippen molar-refractivity contribution in [3.05, 3.63) is 36.8 Å². The van der Waals surface area contributed by atoms with Crippen molar-refractivity contribution in [3.63, 3.8) is 0 Å². The highest BCUT2D eigenvalue weighted by Gasteiger charge is 2.12. The molecule has 1 atom stereocenters. The van der Waals surface area contributed by atoms with Crippen LogP contribution < -0.4 is 11.1 Å². The minimum atomic E-state index is -0.101. The Kier molecular flexibility index (Phi) is 4.25. The number of aromatic nitrogens is 3. The minimum absolute atomic E-state index is 0.0425. The van der Waals surface area contributed by atoms with Gasteiger partial charge in [-0.2, -0.15) is 5.10 Å². The Morgan fingerprint density at radius 1 is 1.53 bits per heavy atom. The maximum atomic E-state index is 11.8. The fourth-order valence-electron chi connectivity index (χ4n) is 1.65. The molecule has 0 aliphatic heterocycles. The zero-order valence-corrected chi connectivity index (χ0v) is 10.8. The van der Waals surface area contributed by atoms with Crippen LogP contribution in [0, 0.1) is 5.92 Å². The number of pyridine rings is 1. The normalized spacial score (nSPS) is 12.1. The lowest BCUT2D eigenvalue weighted by atomic mass is 10.1. The van der Waals surface area contributed by atoms with Gasteiger partial charge in [-0.05, 0) is 31.2 Å². The molecule has 2 heterocycles. The fraction of sp³-hybridized carbons (Fsp3) is 0.308. The molecule has 0 saturated heterocycles. The summed E-state index contributed by atoms with van der Waals surface area (Å²) in [5.74, 6) is 0.563. The molecule has 0 radical (unpaired) electrons. The van der Waals surface area contributed by atoms with Gasteiger partial charge in [-0.25, -0.2) is 9.67 Å². The van der Waals surface area contributed by atoms with Crippen LogP contribution >= 0.6 is 0 Å². The smallest absolute Gasteiger partial charge is 0.227 e. The maximum Gasteiger partial charge on any atom is 0.227 e. The molecule has 100 valence electrons. The first-order valence-electron chi connectivity index (χ1n) is 6.17. The number of carbonyl (C=O) groups is 1. The number of carbonyl (C=O) groups excluding carboxylic acids is 1. The fourth-order valence-corrected chi connectivity index (χ4v) is 1.65.